The molecule has 0 spiro atoms. The maximum atomic E-state index is 11.4. The van der Waals surface area contributed by atoms with E-state index in [1.807, 2.05) is 6.26 Å². The Morgan fingerprint density at radius 1 is 1.56 bits per heavy atom. The molecule has 0 radical (unpaired) electrons. The summed E-state index contributed by atoms with van der Waals surface area (Å²) in [6.07, 6.45) is -0.532. The van der Waals surface area contributed by atoms with Crippen LogP contribution in [0.3, 0.4) is 0 Å². The van der Waals surface area contributed by atoms with Gasteiger partial charge in [-0.05, 0) is 13.2 Å². The molecule has 0 saturated heterocycles. The molecule has 0 aliphatic heterocycles. The molecule has 56 valence electrons. The van der Waals surface area contributed by atoms with Crippen LogP contribution in [0.1, 0.15) is 6.92 Å². The Kier molecular flexibility index (Phi) is 5.09. The molecule has 0 amide bonds. The van der Waals surface area contributed by atoms with Crippen LogP contribution in [-0.2, 0) is 4.74 Å². The number of thioether (sulfide) groups is 1. The van der Waals surface area contributed by atoms with Crippen LogP contribution in [0.5, 0.6) is 0 Å². The van der Waals surface area contributed by atoms with Gasteiger partial charge >= 0.3 is 0 Å². The molecular weight excluding hydrogens is 146 g/mol. The molecule has 1 unspecified atom stereocenters. The summed E-state index contributed by atoms with van der Waals surface area (Å²) in [5, 5.41) is 0. The fraction of sp³-hybridized carbons (Fsp3) is 1.00. The predicted molar refractivity (Wildman–Crippen MR) is 34.9 cm³/mol. The van der Waals surface area contributed by atoms with Crippen LogP contribution in [0.15, 0.2) is 0 Å². The van der Waals surface area contributed by atoms with Gasteiger partial charge in [0.1, 0.15) is 6.61 Å². The van der Waals surface area contributed by atoms with E-state index in [9.17, 15) is 8.78 Å². The highest BCUT2D eigenvalue weighted by Crippen LogP contribution is 2.07. The third-order valence-corrected chi connectivity index (χ3v) is 1.59. The van der Waals surface area contributed by atoms with E-state index in [4.69, 9.17) is 0 Å². The standard InChI is InChI=1S/C5H10F2OS/c1-4(9-2)8-3-5(6)7/h4-5H,3H2,1-2H3. The van der Waals surface area contributed by atoms with E-state index in [1.54, 1.807) is 6.92 Å². The molecule has 0 aromatic heterocycles. The number of rotatable bonds is 4. The Morgan fingerprint density at radius 2 is 2.11 bits per heavy atom. The molecule has 0 bridgehead atoms. The number of hydrogen-bond acceptors (Lipinski definition) is 2. The second kappa shape index (κ2) is 4.99. The van der Waals surface area contributed by atoms with Gasteiger partial charge in [0, 0.05) is 0 Å². The highest BCUT2D eigenvalue weighted by atomic mass is 32.2. The van der Waals surface area contributed by atoms with Crippen molar-refractivity contribution in [3.8, 4) is 0 Å². The van der Waals surface area contributed by atoms with E-state index in [2.05, 4.69) is 4.74 Å². The van der Waals surface area contributed by atoms with E-state index < -0.39 is 13.0 Å². The van der Waals surface area contributed by atoms with Crippen LogP contribution in [0, 0.1) is 0 Å². The van der Waals surface area contributed by atoms with Gasteiger partial charge in [-0.25, -0.2) is 8.78 Å². The monoisotopic (exact) mass is 156 g/mol. The van der Waals surface area contributed by atoms with Gasteiger partial charge in [0.15, 0.2) is 0 Å². The van der Waals surface area contributed by atoms with Crippen LogP contribution < -0.4 is 0 Å². The minimum atomic E-state index is -2.35. The largest absolute Gasteiger partial charge is 0.362 e. The molecule has 0 aromatic rings. The van der Waals surface area contributed by atoms with Gasteiger partial charge in [0.05, 0.1) is 5.44 Å². The summed E-state index contributed by atoms with van der Waals surface area (Å²) in [6.45, 7) is 1.29. The van der Waals surface area contributed by atoms with Crippen molar-refractivity contribution < 1.29 is 13.5 Å². The van der Waals surface area contributed by atoms with Crippen molar-refractivity contribution in [1.29, 1.82) is 0 Å². The third kappa shape index (κ3) is 6.05. The zero-order valence-corrected chi connectivity index (χ0v) is 6.25. The molecule has 0 aliphatic carbocycles. The normalized spacial score (nSPS) is 14.3. The molecule has 0 saturated carbocycles. The van der Waals surface area contributed by atoms with Crippen LogP contribution in [0.2, 0.25) is 0 Å². The summed E-state index contributed by atoms with van der Waals surface area (Å²) in [7, 11) is 0. The van der Waals surface area contributed by atoms with Crippen molar-refractivity contribution >= 4 is 11.8 Å². The maximum Gasteiger partial charge on any atom is 0.261 e. The van der Waals surface area contributed by atoms with Gasteiger partial charge in [-0.1, -0.05) is 0 Å². The molecular formula is C5H10F2OS. The van der Waals surface area contributed by atoms with Gasteiger partial charge in [-0.2, -0.15) is 0 Å². The second-order valence-corrected chi connectivity index (χ2v) is 2.66. The Balaban J connectivity index is 3.06. The lowest BCUT2D eigenvalue weighted by Gasteiger charge is -2.08. The Bertz CT molecular complexity index is 70.0. The van der Waals surface area contributed by atoms with Crippen LogP contribution in [-0.4, -0.2) is 24.7 Å². The average molecular weight is 156 g/mol. The van der Waals surface area contributed by atoms with E-state index in [-0.39, 0.29) is 5.44 Å². The van der Waals surface area contributed by atoms with Crippen LogP contribution in [0.4, 0.5) is 8.78 Å². The lowest BCUT2D eigenvalue weighted by atomic mass is 10.7. The molecule has 9 heavy (non-hydrogen) atoms. The summed E-state index contributed by atoms with van der Waals surface area (Å²) in [4.78, 5) is 0. The molecule has 0 aliphatic rings. The fourth-order valence-electron chi connectivity index (χ4n) is 0.276. The molecule has 1 nitrogen and oxygen atoms in total. The Morgan fingerprint density at radius 3 is 2.44 bits per heavy atom. The molecule has 0 rings (SSSR count). The molecule has 0 fully saturated rings. The lowest BCUT2D eigenvalue weighted by Crippen LogP contribution is -2.09. The third-order valence-electron chi connectivity index (χ3n) is 0.789. The van der Waals surface area contributed by atoms with Crippen LogP contribution in [0.25, 0.3) is 0 Å². The van der Waals surface area contributed by atoms with Crippen molar-refractivity contribution in [2.75, 3.05) is 12.9 Å². The first-order valence-corrected chi connectivity index (χ1v) is 3.88. The minimum absolute atomic E-state index is 0.126. The van der Waals surface area contributed by atoms with E-state index >= 15 is 0 Å². The first kappa shape index (κ1) is 9.17. The van der Waals surface area contributed by atoms with E-state index in [0.29, 0.717) is 0 Å². The SMILES string of the molecule is CSC(C)OCC(F)F. The summed E-state index contributed by atoms with van der Waals surface area (Å²) >= 11 is 1.41. The topological polar surface area (TPSA) is 9.23 Å². The number of hydrogen-bond donors (Lipinski definition) is 0. The van der Waals surface area contributed by atoms with Crippen LogP contribution >= 0.6 is 11.8 Å². The van der Waals surface area contributed by atoms with Gasteiger partial charge in [0.25, 0.3) is 6.43 Å². The molecule has 0 N–H and O–H groups in total. The quantitative estimate of drug-likeness (QED) is 0.575. The van der Waals surface area contributed by atoms with Gasteiger partial charge < -0.3 is 4.74 Å². The second-order valence-electron chi connectivity index (χ2n) is 1.53. The maximum absolute atomic E-state index is 11.4. The molecule has 1 atom stereocenters. The van der Waals surface area contributed by atoms with Crippen molar-refractivity contribution in [3.05, 3.63) is 0 Å². The van der Waals surface area contributed by atoms with Gasteiger partial charge in [0.2, 0.25) is 0 Å². The average Bonchev–Trinajstić information content (AvgIpc) is 1.83. The first-order valence-electron chi connectivity index (χ1n) is 2.59. The summed E-state index contributed by atoms with van der Waals surface area (Å²) in [6, 6.07) is 0. The summed E-state index contributed by atoms with van der Waals surface area (Å²) < 4.78 is 27.5. The van der Waals surface area contributed by atoms with Gasteiger partial charge in [-0.3, -0.25) is 0 Å². The minimum Gasteiger partial charge on any atom is -0.362 e. The zero-order valence-electron chi connectivity index (χ0n) is 5.43. The first-order chi connectivity index (χ1) is 4.16. The fourth-order valence-corrected chi connectivity index (χ4v) is 0.491. The highest BCUT2D eigenvalue weighted by Gasteiger charge is 2.04. The van der Waals surface area contributed by atoms with Crippen molar-refractivity contribution in [2.45, 2.75) is 18.8 Å². The van der Waals surface area contributed by atoms with Gasteiger partial charge in [-0.15, -0.1) is 11.8 Å². The Hall–Kier alpha value is 0.170. The molecule has 0 aromatic carbocycles. The van der Waals surface area contributed by atoms with Crippen molar-refractivity contribution in [1.82, 2.24) is 0 Å². The van der Waals surface area contributed by atoms with E-state index in [1.165, 1.54) is 11.8 Å². The Labute approximate surface area is 57.8 Å². The zero-order chi connectivity index (χ0) is 7.28. The molecule has 4 heteroatoms. The van der Waals surface area contributed by atoms with Crippen molar-refractivity contribution in [3.63, 3.8) is 0 Å². The number of halogens is 2. The number of alkyl halides is 2. The smallest absolute Gasteiger partial charge is 0.261 e. The lowest BCUT2D eigenvalue weighted by molar-refractivity contribution is 0.0120. The summed E-state index contributed by atoms with van der Waals surface area (Å²) in [5.41, 5.74) is -0.126. The van der Waals surface area contributed by atoms with E-state index in [0.717, 1.165) is 0 Å². The van der Waals surface area contributed by atoms with Crippen molar-refractivity contribution in [2.24, 2.45) is 0 Å². The predicted octanol–water partition coefficient (Wildman–Crippen LogP) is 1.98. The summed E-state index contributed by atoms with van der Waals surface area (Å²) in [5.74, 6) is 0. The highest BCUT2D eigenvalue weighted by molar-refractivity contribution is 7.99. The number of ether oxygens (including phenoxy) is 1. The molecule has 0 heterocycles.